The molecule has 0 atom stereocenters. The van der Waals surface area contributed by atoms with Crippen LogP contribution < -0.4 is 9.47 Å². The topological polar surface area (TPSA) is 18.5 Å². The number of halogens is 6. The highest BCUT2D eigenvalue weighted by molar-refractivity contribution is 5.71. The highest BCUT2D eigenvalue weighted by Crippen LogP contribution is 2.44. The number of alkyl halides is 4. The van der Waals surface area contributed by atoms with Crippen molar-refractivity contribution in [2.24, 2.45) is 5.92 Å². The quantitative estimate of drug-likeness (QED) is 0.115. The lowest BCUT2D eigenvalue weighted by atomic mass is 9.78. The molecular weight excluding hydrogens is 590 g/mol. The molecule has 0 N–H and O–H groups in total. The minimum absolute atomic E-state index is 0.0616. The lowest BCUT2D eigenvalue weighted by molar-refractivity contribution is -0.222. The summed E-state index contributed by atoms with van der Waals surface area (Å²) < 4.78 is 92.5. The van der Waals surface area contributed by atoms with Gasteiger partial charge in [-0.1, -0.05) is 80.4 Å². The summed E-state index contributed by atoms with van der Waals surface area (Å²) in [6.45, 7) is -1.05. The van der Waals surface area contributed by atoms with Crippen LogP contribution in [0.5, 0.6) is 11.5 Å². The molecule has 1 aliphatic carbocycles. The zero-order chi connectivity index (χ0) is 32.0. The van der Waals surface area contributed by atoms with Crippen molar-refractivity contribution in [2.45, 2.75) is 76.9 Å². The fourth-order valence-electron chi connectivity index (χ4n) is 6.05. The van der Waals surface area contributed by atoms with Crippen LogP contribution in [0.4, 0.5) is 26.3 Å². The molecule has 2 nitrogen and oxygen atoms in total. The fourth-order valence-corrected chi connectivity index (χ4v) is 6.05. The average Bonchev–Trinajstić information content (AvgIpc) is 3.03. The number of hydrogen-bond acceptors (Lipinski definition) is 2. The van der Waals surface area contributed by atoms with Crippen molar-refractivity contribution in [2.75, 3.05) is 0 Å². The molecule has 0 aromatic heterocycles. The molecule has 1 fully saturated rings. The second-order valence-electron chi connectivity index (χ2n) is 11.7. The normalized spacial score (nSPS) is 17.0. The van der Waals surface area contributed by atoms with Crippen LogP contribution in [0.1, 0.15) is 68.9 Å². The molecule has 0 heterocycles. The van der Waals surface area contributed by atoms with Crippen molar-refractivity contribution in [3.05, 3.63) is 108 Å². The number of ether oxygens (including phenoxy) is 2. The van der Waals surface area contributed by atoms with E-state index in [9.17, 15) is 22.0 Å². The van der Waals surface area contributed by atoms with E-state index in [4.69, 9.17) is 4.74 Å². The maximum Gasteiger partial charge on any atom is 0.400 e. The van der Waals surface area contributed by atoms with Gasteiger partial charge in [0.25, 0.3) is 0 Å². The third-order valence-electron chi connectivity index (χ3n) is 8.59. The van der Waals surface area contributed by atoms with Crippen LogP contribution in [0.2, 0.25) is 0 Å². The van der Waals surface area contributed by atoms with Gasteiger partial charge in [0, 0.05) is 11.6 Å². The largest absolute Gasteiger partial charge is 0.432 e. The number of rotatable bonds is 12. The smallest absolute Gasteiger partial charge is 0.400 e. The van der Waals surface area contributed by atoms with Crippen molar-refractivity contribution >= 4 is 0 Å². The minimum Gasteiger partial charge on any atom is -0.432 e. The van der Waals surface area contributed by atoms with Crippen LogP contribution in [0.3, 0.4) is 0 Å². The second-order valence-corrected chi connectivity index (χ2v) is 11.7. The van der Waals surface area contributed by atoms with E-state index >= 15 is 4.39 Å². The number of unbranched alkanes of at least 4 members (excludes halogenated alkanes) is 2. The molecule has 0 radical (unpaired) electrons. The summed E-state index contributed by atoms with van der Waals surface area (Å²) in [6.07, 6.45) is 2.40. The van der Waals surface area contributed by atoms with Crippen molar-refractivity contribution in [3.63, 3.8) is 0 Å². The molecule has 45 heavy (non-hydrogen) atoms. The molecule has 1 aliphatic rings. The van der Waals surface area contributed by atoms with Crippen LogP contribution >= 0.6 is 0 Å². The molecule has 8 heteroatoms. The van der Waals surface area contributed by atoms with Crippen molar-refractivity contribution in [1.82, 2.24) is 0 Å². The van der Waals surface area contributed by atoms with Gasteiger partial charge in [-0.05, 0) is 90.5 Å². The Morgan fingerprint density at radius 3 is 2.02 bits per heavy atom. The molecule has 0 unspecified atom stereocenters. The van der Waals surface area contributed by atoms with Gasteiger partial charge in [0.2, 0.25) is 0 Å². The Morgan fingerprint density at radius 1 is 0.733 bits per heavy atom. The van der Waals surface area contributed by atoms with Crippen LogP contribution in [0.15, 0.2) is 84.9 Å². The van der Waals surface area contributed by atoms with Gasteiger partial charge in [-0.15, -0.1) is 0 Å². The standard InChI is InChI=1S/C37H36F6O2/c1-2-3-4-5-24-6-8-27(9-7-24)29-16-20-32(33(38)22-29)28-12-10-25(11-13-28)26-14-17-30(18-15-26)37(42,43)45-31-19-21-35(34(39)23-31)44-36(40)41/h6-13,16,19-23,26,30,36H,2-5,14-15,17-18H2,1H3. The first-order chi connectivity index (χ1) is 21.6. The number of hydrogen-bond donors (Lipinski definition) is 0. The Bertz CT molecular complexity index is 1540. The number of aryl methyl sites for hydroxylation is 1. The average molecular weight is 627 g/mol. The van der Waals surface area contributed by atoms with E-state index in [1.807, 2.05) is 42.5 Å². The van der Waals surface area contributed by atoms with Crippen LogP contribution in [0.25, 0.3) is 22.3 Å². The molecule has 4 aromatic carbocycles. The van der Waals surface area contributed by atoms with Crippen molar-refractivity contribution in [1.29, 1.82) is 0 Å². The number of benzene rings is 4. The van der Waals surface area contributed by atoms with E-state index < -0.39 is 36.0 Å². The van der Waals surface area contributed by atoms with E-state index in [0.717, 1.165) is 47.2 Å². The Kier molecular flexibility index (Phi) is 10.4. The second kappa shape index (κ2) is 14.4. The lowest BCUT2D eigenvalue weighted by Crippen LogP contribution is -2.37. The van der Waals surface area contributed by atoms with E-state index in [1.165, 1.54) is 18.4 Å². The summed E-state index contributed by atoms with van der Waals surface area (Å²) in [4.78, 5) is 0. The molecule has 5 rings (SSSR count). The van der Waals surface area contributed by atoms with E-state index in [0.29, 0.717) is 24.5 Å². The first kappa shape index (κ1) is 32.5. The van der Waals surface area contributed by atoms with Gasteiger partial charge in [-0.25, -0.2) is 8.78 Å². The molecule has 0 aliphatic heterocycles. The highest BCUT2D eigenvalue weighted by atomic mass is 19.3. The summed E-state index contributed by atoms with van der Waals surface area (Å²) in [6, 6.07) is 23.5. The van der Waals surface area contributed by atoms with Crippen LogP contribution in [-0.2, 0) is 6.42 Å². The molecule has 1 saturated carbocycles. The zero-order valence-electron chi connectivity index (χ0n) is 25.1. The van der Waals surface area contributed by atoms with Gasteiger partial charge >= 0.3 is 12.7 Å². The predicted molar refractivity (Wildman–Crippen MR) is 164 cm³/mol. The monoisotopic (exact) mass is 626 g/mol. The first-order valence-electron chi connectivity index (χ1n) is 15.4. The summed E-state index contributed by atoms with van der Waals surface area (Å²) in [5.74, 6) is -3.76. The fraction of sp³-hybridized carbons (Fsp3) is 0.351. The molecule has 4 aromatic rings. The zero-order valence-corrected chi connectivity index (χ0v) is 25.1. The van der Waals surface area contributed by atoms with Gasteiger partial charge in [-0.3, -0.25) is 0 Å². The summed E-state index contributed by atoms with van der Waals surface area (Å²) >= 11 is 0. The van der Waals surface area contributed by atoms with Crippen molar-refractivity contribution < 1.29 is 35.8 Å². The Balaban J connectivity index is 1.17. The first-order valence-corrected chi connectivity index (χ1v) is 15.4. The van der Waals surface area contributed by atoms with Crippen LogP contribution in [0, 0.1) is 17.6 Å². The maximum atomic E-state index is 15.2. The van der Waals surface area contributed by atoms with E-state index in [1.54, 1.807) is 12.1 Å². The maximum absolute atomic E-state index is 15.2. The van der Waals surface area contributed by atoms with Gasteiger partial charge < -0.3 is 9.47 Å². The van der Waals surface area contributed by atoms with Gasteiger partial charge in [0.15, 0.2) is 11.6 Å². The van der Waals surface area contributed by atoms with Gasteiger partial charge in [0.1, 0.15) is 11.6 Å². The Hall–Kier alpha value is -3.94. The molecule has 0 spiro atoms. The SMILES string of the molecule is CCCCCc1ccc(-c2ccc(-c3ccc(C4CCC(C(F)(F)Oc5ccc(OC(F)F)c(F)c5)CC4)cc3)c(F)c2)cc1. The Morgan fingerprint density at radius 2 is 1.40 bits per heavy atom. The molecule has 238 valence electrons. The van der Waals surface area contributed by atoms with Gasteiger partial charge in [0.05, 0.1) is 5.92 Å². The van der Waals surface area contributed by atoms with E-state index in [-0.39, 0.29) is 24.6 Å². The van der Waals surface area contributed by atoms with E-state index in [2.05, 4.69) is 23.8 Å². The third-order valence-corrected chi connectivity index (χ3v) is 8.59. The third kappa shape index (κ3) is 8.21. The Labute approximate surface area is 260 Å². The van der Waals surface area contributed by atoms with Gasteiger partial charge in [-0.2, -0.15) is 17.6 Å². The summed E-state index contributed by atoms with van der Waals surface area (Å²) in [7, 11) is 0. The predicted octanol–water partition coefficient (Wildman–Crippen LogP) is 11.6. The molecular formula is C37H36F6O2. The molecule has 0 bridgehead atoms. The lowest BCUT2D eigenvalue weighted by Gasteiger charge is -2.33. The van der Waals surface area contributed by atoms with Crippen molar-refractivity contribution in [3.8, 4) is 33.8 Å². The minimum atomic E-state index is -3.56. The summed E-state index contributed by atoms with van der Waals surface area (Å²) in [5.41, 5.74) is 5.28. The molecule has 0 saturated heterocycles. The summed E-state index contributed by atoms with van der Waals surface area (Å²) in [5, 5.41) is 0. The highest BCUT2D eigenvalue weighted by Gasteiger charge is 2.44. The van der Waals surface area contributed by atoms with Crippen LogP contribution in [-0.4, -0.2) is 12.7 Å². The molecule has 0 amide bonds.